The molecule has 0 atom stereocenters. The normalized spacial score (nSPS) is 12.8. The third-order valence-electron chi connectivity index (χ3n) is 8.71. The fourth-order valence-electron chi connectivity index (χ4n) is 6.68. The van der Waals surface area contributed by atoms with E-state index in [0.717, 1.165) is 38.5 Å². The summed E-state index contributed by atoms with van der Waals surface area (Å²) in [6.45, 7) is 4.26. The van der Waals surface area contributed by atoms with Crippen LogP contribution in [0.2, 0.25) is 0 Å². The van der Waals surface area contributed by atoms with Crippen LogP contribution in [0.3, 0.4) is 0 Å². The molecule has 0 saturated carbocycles. The molecular weight excluding hydrogens is 540 g/mol. The Bertz CT molecular complexity index is 2300. The summed E-state index contributed by atoms with van der Waals surface area (Å²) >= 11 is 0. The Hall–Kier alpha value is -5.74. The van der Waals surface area contributed by atoms with Gasteiger partial charge in [0, 0.05) is 10.8 Å². The third-order valence-corrected chi connectivity index (χ3v) is 8.71. The predicted octanol–water partition coefficient (Wildman–Crippen LogP) is 9.54. The minimum absolute atomic E-state index is 0.310. The average Bonchev–Trinajstić information content (AvgIpc) is 3.52. The summed E-state index contributed by atoms with van der Waals surface area (Å²) < 4.78 is 2.13. The van der Waals surface area contributed by atoms with Crippen molar-refractivity contribution < 1.29 is 9.59 Å². The zero-order valence-corrected chi connectivity index (χ0v) is 24.4. The molecule has 0 radical (unpaired) electrons. The van der Waals surface area contributed by atoms with Crippen LogP contribution in [0.1, 0.15) is 31.8 Å². The number of benzene rings is 6. The average molecular weight is 569 g/mol. The van der Waals surface area contributed by atoms with Gasteiger partial charge in [-0.15, -0.1) is 0 Å². The number of carbonyl (C=O) groups excluding carboxylic acids is 2. The molecule has 44 heavy (non-hydrogen) atoms. The van der Waals surface area contributed by atoms with E-state index in [4.69, 9.17) is 0 Å². The minimum Gasteiger partial charge on any atom is -0.308 e. The smallest absolute Gasteiger partial charge is 0.268 e. The van der Waals surface area contributed by atoms with Gasteiger partial charge in [0.1, 0.15) is 0 Å². The molecule has 0 saturated heterocycles. The van der Waals surface area contributed by atoms with Crippen molar-refractivity contribution in [3.05, 3.63) is 156 Å². The van der Waals surface area contributed by atoms with Crippen molar-refractivity contribution in [1.82, 2.24) is 4.57 Å². The van der Waals surface area contributed by atoms with Gasteiger partial charge in [-0.2, -0.15) is 0 Å². The highest BCUT2D eigenvalue weighted by atomic mass is 16.2. The molecule has 1 aromatic heterocycles. The van der Waals surface area contributed by atoms with Crippen LogP contribution in [0.15, 0.2) is 133 Å². The molecule has 0 unspecified atom stereocenters. The van der Waals surface area contributed by atoms with Crippen LogP contribution < -0.4 is 4.90 Å². The van der Waals surface area contributed by atoms with Crippen molar-refractivity contribution in [3.8, 4) is 27.9 Å². The van der Waals surface area contributed by atoms with Crippen LogP contribution in [-0.4, -0.2) is 16.4 Å². The first-order chi connectivity index (χ1) is 21.5. The standard InChI is InChI=1S/C40H28N2O2/c1-25-18-20-31(26(2)22-25)29-19-21-36-34(24-29)32-14-6-7-16-35(32)42(36)37-17-9-15-33-38(37)40(44)41(39(33)43)30-13-8-12-28(23-30)27-10-4-3-5-11-27/h3-24H,1-2H3. The van der Waals surface area contributed by atoms with Crippen molar-refractivity contribution in [2.45, 2.75) is 13.8 Å². The lowest BCUT2D eigenvalue weighted by Gasteiger charge is -2.16. The molecule has 0 N–H and O–H groups in total. The minimum atomic E-state index is -0.316. The fraction of sp³-hybridized carbons (Fsp3) is 0.0500. The van der Waals surface area contributed by atoms with Crippen molar-refractivity contribution in [2.75, 3.05) is 4.90 Å². The maximum atomic E-state index is 14.2. The molecule has 2 amide bonds. The second-order valence-electron chi connectivity index (χ2n) is 11.5. The van der Waals surface area contributed by atoms with Gasteiger partial charge >= 0.3 is 0 Å². The van der Waals surface area contributed by atoms with E-state index < -0.39 is 0 Å². The van der Waals surface area contributed by atoms with Crippen LogP contribution in [0.5, 0.6) is 0 Å². The second-order valence-corrected chi connectivity index (χ2v) is 11.5. The van der Waals surface area contributed by atoms with E-state index in [9.17, 15) is 9.59 Å². The van der Waals surface area contributed by atoms with Crippen LogP contribution in [0.4, 0.5) is 5.69 Å². The third kappa shape index (κ3) is 3.92. The lowest BCUT2D eigenvalue weighted by atomic mass is 9.97. The summed E-state index contributed by atoms with van der Waals surface area (Å²) in [6.07, 6.45) is 0. The molecule has 210 valence electrons. The van der Waals surface area contributed by atoms with E-state index >= 15 is 0 Å². The van der Waals surface area contributed by atoms with E-state index in [-0.39, 0.29) is 11.8 Å². The number of hydrogen-bond acceptors (Lipinski definition) is 2. The summed E-state index contributed by atoms with van der Waals surface area (Å²) in [6, 6.07) is 44.5. The van der Waals surface area contributed by atoms with Crippen molar-refractivity contribution in [1.29, 1.82) is 0 Å². The number of rotatable bonds is 4. The highest BCUT2D eigenvalue weighted by molar-refractivity contribution is 6.36. The second kappa shape index (κ2) is 9.92. The molecule has 2 heterocycles. The Morgan fingerprint density at radius 2 is 1.25 bits per heavy atom. The number of fused-ring (bicyclic) bond motifs is 4. The molecule has 8 rings (SSSR count). The number of aryl methyl sites for hydroxylation is 2. The van der Waals surface area contributed by atoms with Gasteiger partial charge in [0.15, 0.2) is 0 Å². The van der Waals surface area contributed by atoms with Gasteiger partial charge in [0.25, 0.3) is 11.8 Å². The lowest BCUT2D eigenvalue weighted by Crippen LogP contribution is -2.29. The molecule has 0 fully saturated rings. The molecule has 1 aliphatic heterocycles. The largest absolute Gasteiger partial charge is 0.308 e. The Morgan fingerprint density at radius 3 is 2.09 bits per heavy atom. The molecule has 0 aliphatic carbocycles. The number of carbonyl (C=O) groups is 2. The lowest BCUT2D eigenvalue weighted by molar-refractivity contribution is 0.0926. The quantitative estimate of drug-likeness (QED) is 0.198. The molecule has 6 aromatic carbocycles. The zero-order valence-electron chi connectivity index (χ0n) is 24.4. The summed E-state index contributed by atoms with van der Waals surface area (Å²) in [5.41, 5.74) is 10.8. The van der Waals surface area contributed by atoms with E-state index in [1.165, 1.54) is 21.6 Å². The Balaban J connectivity index is 1.29. The maximum absolute atomic E-state index is 14.2. The van der Waals surface area contributed by atoms with Crippen molar-refractivity contribution in [3.63, 3.8) is 0 Å². The molecule has 4 nitrogen and oxygen atoms in total. The number of hydrogen-bond donors (Lipinski definition) is 0. The van der Waals surface area contributed by atoms with Gasteiger partial charge in [-0.25, -0.2) is 4.90 Å². The van der Waals surface area contributed by atoms with Crippen LogP contribution in [0.25, 0.3) is 49.7 Å². The number of nitrogens with zero attached hydrogens (tertiary/aromatic N) is 2. The number of para-hydroxylation sites is 1. The van der Waals surface area contributed by atoms with Crippen molar-refractivity contribution >= 4 is 39.3 Å². The summed E-state index contributed by atoms with van der Waals surface area (Å²) in [7, 11) is 0. The maximum Gasteiger partial charge on any atom is 0.268 e. The first kappa shape index (κ1) is 25.9. The molecule has 7 aromatic rings. The van der Waals surface area contributed by atoms with Crippen molar-refractivity contribution in [2.24, 2.45) is 0 Å². The van der Waals surface area contributed by atoms with Gasteiger partial charge in [0.05, 0.1) is 33.5 Å². The highest BCUT2D eigenvalue weighted by Gasteiger charge is 2.39. The summed E-state index contributed by atoms with van der Waals surface area (Å²) in [5.74, 6) is -0.626. The SMILES string of the molecule is Cc1ccc(-c2ccc3c(c2)c2ccccc2n3-c2cccc3c2C(=O)N(c2cccc(-c4ccccc4)c2)C3=O)c(C)c1. The fourth-order valence-corrected chi connectivity index (χ4v) is 6.68. The van der Waals surface area contributed by atoms with Gasteiger partial charge in [-0.1, -0.05) is 96.6 Å². The Kier molecular flexibility index (Phi) is 5.85. The van der Waals surface area contributed by atoms with Crippen LogP contribution in [-0.2, 0) is 0 Å². The highest BCUT2D eigenvalue weighted by Crippen LogP contribution is 2.39. The number of imide groups is 1. The van der Waals surface area contributed by atoms with E-state index in [1.807, 2.05) is 78.9 Å². The zero-order chi connectivity index (χ0) is 29.9. The number of aromatic nitrogens is 1. The molecule has 0 bridgehead atoms. The van der Waals surface area contributed by atoms with Gasteiger partial charge in [-0.05, 0) is 84.1 Å². The van der Waals surface area contributed by atoms with E-state index in [1.54, 1.807) is 6.07 Å². The summed E-state index contributed by atoms with van der Waals surface area (Å²) in [4.78, 5) is 29.4. The monoisotopic (exact) mass is 568 g/mol. The molecule has 4 heteroatoms. The number of amides is 2. The van der Waals surface area contributed by atoms with Crippen LogP contribution in [0, 0.1) is 13.8 Å². The first-order valence-corrected chi connectivity index (χ1v) is 14.8. The molecule has 0 spiro atoms. The first-order valence-electron chi connectivity index (χ1n) is 14.8. The summed E-state index contributed by atoms with van der Waals surface area (Å²) in [5, 5.41) is 2.19. The van der Waals surface area contributed by atoms with Gasteiger partial charge in [0.2, 0.25) is 0 Å². The topological polar surface area (TPSA) is 42.3 Å². The Labute approximate surface area is 255 Å². The van der Waals surface area contributed by atoms with E-state index in [2.05, 4.69) is 66.9 Å². The van der Waals surface area contributed by atoms with Gasteiger partial charge < -0.3 is 4.57 Å². The van der Waals surface area contributed by atoms with E-state index in [0.29, 0.717) is 22.5 Å². The molecular formula is C40H28N2O2. The predicted molar refractivity (Wildman–Crippen MR) is 179 cm³/mol. The Morgan fingerprint density at radius 1 is 0.500 bits per heavy atom. The van der Waals surface area contributed by atoms with Gasteiger partial charge in [-0.3, -0.25) is 9.59 Å². The van der Waals surface area contributed by atoms with Crippen LogP contribution >= 0.6 is 0 Å². The number of anilines is 1. The molecule has 1 aliphatic rings.